The fourth-order valence-electron chi connectivity index (χ4n) is 3.63. The lowest BCUT2D eigenvalue weighted by atomic mass is 9.93. The van der Waals surface area contributed by atoms with Crippen LogP contribution in [0.4, 0.5) is 11.4 Å². The molecule has 0 bridgehead atoms. The number of anilines is 2. The van der Waals surface area contributed by atoms with E-state index in [1.165, 1.54) is 6.42 Å². The number of H-pyrrole nitrogens is 1. The van der Waals surface area contributed by atoms with Gasteiger partial charge in [0.25, 0.3) is 5.91 Å². The minimum Gasteiger partial charge on any atom is -0.352 e. The molecule has 4 aromatic rings. The lowest BCUT2D eigenvalue weighted by Crippen LogP contribution is -2.39. The number of nitrogens with one attached hydrogen (secondary N) is 3. The summed E-state index contributed by atoms with van der Waals surface area (Å²) in [6.45, 7) is 0. The van der Waals surface area contributed by atoms with Crippen molar-refractivity contribution in [2.24, 2.45) is 0 Å². The summed E-state index contributed by atoms with van der Waals surface area (Å²) in [4.78, 5) is 31.1. The van der Waals surface area contributed by atoms with Crippen molar-refractivity contribution in [3.05, 3.63) is 83.0 Å². The van der Waals surface area contributed by atoms with E-state index in [9.17, 15) is 9.59 Å². The molecule has 1 aliphatic rings. The highest BCUT2D eigenvalue weighted by atomic mass is 16.1. The Labute approximate surface area is 172 Å². The van der Waals surface area contributed by atoms with E-state index >= 15 is 0 Å². The number of pyridine rings is 2. The zero-order chi connectivity index (χ0) is 20.5. The first-order valence-corrected chi connectivity index (χ1v) is 10.0. The van der Waals surface area contributed by atoms with E-state index in [-0.39, 0.29) is 11.5 Å². The van der Waals surface area contributed by atoms with Crippen LogP contribution in [0.15, 0.2) is 71.9 Å². The first-order chi connectivity index (χ1) is 14.7. The first kappa shape index (κ1) is 18.2. The molecule has 3 aromatic heterocycles. The van der Waals surface area contributed by atoms with Gasteiger partial charge in [-0.2, -0.15) is 0 Å². The highest BCUT2D eigenvalue weighted by Crippen LogP contribution is 2.27. The first-order valence-electron chi connectivity index (χ1n) is 10.0. The zero-order valence-electron chi connectivity index (χ0n) is 16.3. The smallest absolute Gasteiger partial charge is 0.251 e. The SMILES string of the molecule is O=C(NC1CCC1)c1ccc(Nc2ccc(-c3cc[nH]c(=O)c3)n3ccnc23)cc1. The van der Waals surface area contributed by atoms with E-state index < -0.39 is 0 Å². The molecular weight excluding hydrogens is 378 g/mol. The van der Waals surface area contributed by atoms with Crippen molar-refractivity contribution in [2.45, 2.75) is 25.3 Å². The van der Waals surface area contributed by atoms with Gasteiger partial charge in [-0.25, -0.2) is 4.98 Å². The lowest BCUT2D eigenvalue weighted by molar-refractivity contribution is 0.0917. The number of carbonyl (C=O) groups is 1. The van der Waals surface area contributed by atoms with Gasteiger partial charge in [0, 0.05) is 47.5 Å². The van der Waals surface area contributed by atoms with E-state index in [4.69, 9.17) is 0 Å². The molecule has 30 heavy (non-hydrogen) atoms. The van der Waals surface area contributed by atoms with E-state index in [1.54, 1.807) is 18.5 Å². The molecule has 1 aliphatic carbocycles. The van der Waals surface area contributed by atoms with Crippen molar-refractivity contribution in [3.63, 3.8) is 0 Å². The third kappa shape index (κ3) is 3.45. The Morgan fingerprint density at radius 3 is 2.67 bits per heavy atom. The number of carbonyl (C=O) groups excluding carboxylic acids is 1. The van der Waals surface area contributed by atoms with E-state index in [2.05, 4.69) is 20.6 Å². The van der Waals surface area contributed by atoms with Crippen LogP contribution in [0.25, 0.3) is 16.9 Å². The summed E-state index contributed by atoms with van der Waals surface area (Å²) < 4.78 is 1.94. The molecule has 1 aromatic carbocycles. The molecule has 5 rings (SSSR count). The largest absolute Gasteiger partial charge is 0.352 e. The van der Waals surface area contributed by atoms with Gasteiger partial charge in [0.1, 0.15) is 0 Å². The second kappa shape index (κ2) is 7.51. The molecule has 1 saturated carbocycles. The number of hydrogen-bond donors (Lipinski definition) is 3. The molecule has 3 N–H and O–H groups in total. The number of imidazole rings is 1. The Balaban J connectivity index is 1.39. The maximum Gasteiger partial charge on any atom is 0.251 e. The van der Waals surface area contributed by atoms with Crippen LogP contribution < -0.4 is 16.2 Å². The number of rotatable bonds is 5. The van der Waals surface area contributed by atoms with Crippen LogP contribution in [0.1, 0.15) is 29.6 Å². The standard InChI is InChI=1S/C23H21N5O2/c29-21-14-16(10-11-24-21)20-9-8-19(22-25-12-13-28(20)22)26-18-6-4-15(5-7-18)23(30)27-17-2-1-3-17/h4-14,17,26H,1-3H2,(H,24,29)(H,27,30). The van der Waals surface area contributed by atoms with Gasteiger partial charge in [-0.3, -0.25) is 14.0 Å². The van der Waals surface area contributed by atoms with E-state index in [0.717, 1.165) is 41.1 Å². The average Bonchev–Trinajstić information content (AvgIpc) is 3.22. The molecule has 0 spiro atoms. The maximum absolute atomic E-state index is 12.3. The summed E-state index contributed by atoms with van der Waals surface area (Å²) in [6, 6.07) is 15.1. The highest BCUT2D eigenvalue weighted by molar-refractivity contribution is 5.95. The minimum atomic E-state index is -0.149. The predicted octanol–water partition coefficient (Wildman–Crippen LogP) is 3.72. The van der Waals surface area contributed by atoms with Crippen molar-refractivity contribution in [1.82, 2.24) is 19.7 Å². The highest BCUT2D eigenvalue weighted by Gasteiger charge is 2.20. The summed E-state index contributed by atoms with van der Waals surface area (Å²) >= 11 is 0. The van der Waals surface area contributed by atoms with Crippen LogP contribution in [0, 0.1) is 0 Å². The number of nitrogens with zero attached hydrogens (tertiary/aromatic N) is 2. The van der Waals surface area contributed by atoms with Crippen LogP contribution in [0.3, 0.4) is 0 Å². The normalized spacial score (nSPS) is 13.7. The van der Waals surface area contributed by atoms with Crippen molar-refractivity contribution >= 4 is 22.9 Å². The Morgan fingerprint density at radius 1 is 1.10 bits per heavy atom. The summed E-state index contributed by atoms with van der Waals surface area (Å²) in [5.74, 6) is -0.0240. The minimum absolute atomic E-state index is 0.0240. The summed E-state index contributed by atoms with van der Waals surface area (Å²) in [6.07, 6.45) is 8.55. The fraction of sp³-hybridized carbons (Fsp3) is 0.174. The van der Waals surface area contributed by atoms with Crippen LogP contribution in [0.5, 0.6) is 0 Å². The maximum atomic E-state index is 12.3. The molecule has 150 valence electrons. The lowest BCUT2D eigenvalue weighted by Gasteiger charge is -2.26. The molecule has 3 heterocycles. The summed E-state index contributed by atoms with van der Waals surface area (Å²) in [7, 11) is 0. The number of fused-ring (bicyclic) bond motifs is 1. The number of aromatic nitrogens is 3. The van der Waals surface area contributed by atoms with Gasteiger partial charge in [0.2, 0.25) is 5.56 Å². The second-order valence-electron chi connectivity index (χ2n) is 7.50. The van der Waals surface area contributed by atoms with E-state index in [1.807, 2.05) is 53.1 Å². The second-order valence-corrected chi connectivity index (χ2v) is 7.50. The van der Waals surface area contributed by atoms with Crippen LogP contribution in [0.2, 0.25) is 0 Å². The van der Waals surface area contributed by atoms with Gasteiger partial charge in [-0.1, -0.05) is 0 Å². The van der Waals surface area contributed by atoms with Crippen LogP contribution in [-0.2, 0) is 0 Å². The molecule has 0 aliphatic heterocycles. The van der Waals surface area contributed by atoms with Gasteiger partial charge >= 0.3 is 0 Å². The topological polar surface area (TPSA) is 91.3 Å². The predicted molar refractivity (Wildman–Crippen MR) is 116 cm³/mol. The summed E-state index contributed by atoms with van der Waals surface area (Å²) in [5, 5.41) is 6.42. The molecule has 7 nitrogen and oxygen atoms in total. The van der Waals surface area contributed by atoms with Gasteiger partial charge in [0.15, 0.2) is 5.65 Å². The van der Waals surface area contributed by atoms with Gasteiger partial charge < -0.3 is 15.6 Å². The van der Waals surface area contributed by atoms with Gasteiger partial charge in [-0.05, 0) is 61.7 Å². The quantitative estimate of drug-likeness (QED) is 0.477. The monoisotopic (exact) mass is 399 g/mol. The van der Waals surface area contributed by atoms with Crippen molar-refractivity contribution < 1.29 is 4.79 Å². The number of aromatic amines is 1. The van der Waals surface area contributed by atoms with Gasteiger partial charge in [-0.15, -0.1) is 0 Å². The third-order valence-corrected chi connectivity index (χ3v) is 5.49. The number of benzene rings is 1. The fourth-order valence-corrected chi connectivity index (χ4v) is 3.63. The Kier molecular flexibility index (Phi) is 4.55. The van der Waals surface area contributed by atoms with E-state index in [0.29, 0.717) is 11.6 Å². The van der Waals surface area contributed by atoms with Crippen molar-refractivity contribution in [3.8, 4) is 11.3 Å². The van der Waals surface area contributed by atoms with Gasteiger partial charge in [0.05, 0.1) is 11.4 Å². The Hall–Kier alpha value is -3.87. The average molecular weight is 399 g/mol. The zero-order valence-corrected chi connectivity index (χ0v) is 16.3. The van der Waals surface area contributed by atoms with Crippen molar-refractivity contribution in [2.75, 3.05) is 5.32 Å². The number of amides is 1. The molecule has 0 unspecified atom stereocenters. The summed E-state index contributed by atoms with van der Waals surface area (Å²) in [5.41, 5.74) is 4.65. The van der Waals surface area contributed by atoms with Crippen molar-refractivity contribution in [1.29, 1.82) is 0 Å². The Morgan fingerprint density at radius 2 is 1.93 bits per heavy atom. The molecule has 7 heteroatoms. The number of hydrogen-bond acceptors (Lipinski definition) is 4. The molecular formula is C23H21N5O2. The molecule has 1 amide bonds. The van der Waals surface area contributed by atoms with Crippen LogP contribution >= 0.6 is 0 Å². The van der Waals surface area contributed by atoms with Crippen LogP contribution in [-0.4, -0.2) is 26.3 Å². The molecule has 0 radical (unpaired) electrons. The third-order valence-electron chi connectivity index (χ3n) is 5.49. The Bertz CT molecular complexity index is 1270. The molecule has 0 atom stereocenters. The molecule has 0 saturated heterocycles. The molecule has 1 fully saturated rings.